The smallest absolute Gasteiger partial charge is 0.228 e. The van der Waals surface area contributed by atoms with Crippen LogP contribution < -0.4 is 5.32 Å². The van der Waals surface area contributed by atoms with Gasteiger partial charge in [0.25, 0.3) is 0 Å². The molecule has 1 amide bonds. The van der Waals surface area contributed by atoms with Crippen molar-refractivity contribution in [3.8, 4) is 0 Å². The maximum absolute atomic E-state index is 12.2. The topological polar surface area (TPSA) is 32.3 Å². The van der Waals surface area contributed by atoms with Crippen LogP contribution in [0, 0.1) is 5.41 Å². The van der Waals surface area contributed by atoms with E-state index in [0.717, 1.165) is 38.9 Å². The number of hydrogen-bond acceptors (Lipinski definition) is 2. The first-order valence-electron chi connectivity index (χ1n) is 5.71. The van der Waals surface area contributed by atoms with Crippen LogP contribution in [0.4, 0.5) is 0 Å². The van der Waals surface area contributed by atoms with Crippen molar-refractivity contribution in [2.45, 2.75) is 39.2 Å². The molecule has 0 unspecified atom stereocenters. The van der Waals surface area contributed by atoms with Gasteiger partial charge in [-0.25, -0.2) is 0 Å². The average Bonchev–Trinajstić information content (AvgIpc) is 2.97. The summed E-state index contributed by atoms with van der Waals surface area (Å²) in [7, 11) is 0. The van der Waals surface area contributed by atoms with E-state index in [2.05, 4.69) is 24.1 Å². The number of piperazine rings is 1. The van der Waals surface area contributed by atoms with Crippen LogP contribution in [0.25, 0.3) is 0 Å². The quantitative estimate of drug-likeness (QED) is 0.714. The van der Waals surface area contributed by atoms with Gasteiger partial charge in [0.05, 0.1) is 0 Å². The van der Waals surface area contributed by atoms with E-state index in [1.54, 1.807) is 0 Å². The summed E-state index contributed by atoms with van der Waals surface area (Å²) >= 11 is 0. The summed E-state index contributed by atoms with van der Waals surface area (Å²) < 4.78 is 0. The van der Waals surface area contributed by atoms with Gasteiger partial charge >= 0.3 is 0 Å². The Morgan fingerprint density at radius 2 is 2.29 bits per heavy atom. The molecule has 0 aromatic heterocycles. The summed E-state index contributed by atoms with van der Waals surface area (Å²) in [6.07, 6.45) is 3.24. The molecule has 3 nitrogen and oxygen atoms in total. The lowest BCUT2D eigenvalue weighted by atomic mass is 10.0. The second-order valence-corrected chi connectivity index (χ2v) is 4.74. The van der Waals surface area contributed by atoms with Gasteiger partial charge in [-0.15, -0.1) is 0 Å². The standard InChI is InChI=1S/C11H20N2O/c1-3-11(4-5-11)10(14)13-7-6-12-9(2)8-13/h9,12H,3-8H2,1-2H3/t9-/m0/s1. The molecule has 0 aromatic carbocycles. The van der Waals surface area contributed by atoms with Crippen molar-refractivity contribution in [1.29, 1.82) is 0 Å². The fourth-order valence-corrected chi connectivity index (χ4v) is 2.32. The van der Waals surface area contributed by atoms with Gasteiger partial charge in [-0.1, -0.05) is 6.92 Å². The number of nitrogens with one attached hydrogen (secondary N) is 1. The van der Waals surface area contributed by atoms with E-state index in [9.17, 15) is 4.79 Å². The highest BCUT2D eigenvalue weighted by atomic mass is 16.2. The number of carbonyl (C=O) groups excluding carboxylic acids is 1. The number of amides is 1. The Kier molecular flexibility index (Phi) is 2.52. The fourth-order valence-electron chi connectivity index (χ4n) is 2.32. The second-order valence-electron chi connectivity index (χ2n) is 4.74. The molecule has 1 aliphatic carbocycles. The lowest BCUT2D eigenvalue weighted by molar-refractivity contribution is -0.138. The monoisotopic (exact) mass is 196 g/mol. The fraction of sp³-hybridized carbons (Fsp3) is 0.909. The first-order chi connectivity index (χ1) is 6.68. The molecule has 1 atom stereocenters. The van der Waals surface area contributed by atoms with Crippen LogP contribution in [-0.2, 0) is 4.79 Å². The van der Waals surface area contributed by atoms with E-state index in [1.165, 1.54) is 0 Å². The van der Waals surface area contributed by atoms with Crippen LogP contribution in [-0.4, -0.2) is 36.5 Å². The minimum Gasteiger partial charge on any atom is -0.339 e. The third-order valence-electron chi connectivity index (χ3n) is 3.64. The van der Waals surface area contributed by atoms with Crippen molar-refractivity contribution >= 4 is 5.91 Å². The zero-order valence-corrected chi connectivity index (χ0v) is 9.18. The highest BCUT2D eigenvalue weighted by molar-refractivity contribution is 5.85. The predicted molar refractivity (Wildman–Crippen MR) is 56.0 cm³/mol. The molecule has 1 saturated carbocycles. The van der Waals surface area contributed by atoms with Gasteiger partial charge in [0.1, 0.15) is 0 Å². The molecule has 1 N–H and O–H groups in total. The summed E-state index contributed by atoms with van der Waals surface area (Å²) in [6.45, 7) is 7.01. The van der Waals surface area contributed by atoms with E-state index in [4.69, 9.17) is 0 Å². The highest BCUT2D eigenvalue weighted by Crippen LogP contribution is 2.50. The van der Waals surface area contributed by atoms with E-state index in [-0.39, 0.29) is 5.41 Å². The van der Waals surface area contributed by atoms with Crippen molar-refractivity contribution in [1.82, 2.24) is 10.2 Å². The van der Waals surface area contributed by atoms with Crippen LogP contribution in [0.1, 0.15) is 33.1 Å². The Balaban J connectivity index is 1.97. The third-order valence-corrected chi connectivity index (χ3v) is 3.64. The van der Waals surface area contributed by atoms with Gasteiger partial charge in [-0.05, 0) is 26.2 Å². The summed E-state index contributed by atoms with van der Waals surface area (Å²) in [4.78, 5) is 14.2. The average molecular weight is 196 g/mol. The maximum Gasteiger partial charge on any atom is 0.228 e. The van der Waals surface area contributed by atoms with Crippen LogP contribution in [0.2, 0.25) is 0 Å². The minimum atomic E-state index is 0.0526. The summed E-state index contributed by atoms with van der Waals surface area (Å²) in [5, 5.41) is 3.36. The van der Waals surface area contributed by atoms with E-state index in [1.807, 2.05) is 0 Å². The summed E-state index contributed by atoms with van der Waals surface area (Å²) in [5.41, 5.74) is 0.0526. The van der Waals surface area contributed by atoms with Crippen molar-refractivity contribution in [3.05, 3.63) is 0 Å². The lowest BCUT2D eigenvalue weighted by Crippen LogP contribution is -2.53. The Morgan fingerprint density at radius 1 is 1.57 bits per heavy atom. The van der Waals surface area contributed by atoms with Gasteiger partial charge in [-0.2, -0.15) is 0 Å². The van der Waals surface area contributed by atoms with Crippen LogP contribution in [0.3, 0.4) is 0 Å². The van der Waals surface area contributed by atoms with Crippen LogP contribution >= 0.6 is 0 Å². The van der Waals surface area contributed by atoms with Crippen molar-refractivity contribution in [2.24, 2.45) is 5.41 Å². The van der Waals surface area contributed by atoms with Crippen molar-refractivity contribution in [3.63, 3.8) is 0 Å². The molecular formula is C11H20N2O. The Morgan fingerprint density at radius 3 is 2.79 bits per heavy atom. The number of nitrogens with zero attached hydrogens (tertiary/aromatic N) is 1. The molecule has 0 radical (unpaired) electrons. The molecule has 2 rings (SSSR count). The largest absolute Gasteiger partial charge is 0.339 e. The molecule has 2 fully saturated rings. The minimum absolute atomic E-state index is 0.0526. The zero-order chi connectivity index (χ0) is 10.2. The zero-order valence-electron chi connectivity index (χ0n) is 9.18. The van der Waals surface area contributed by atoms with Crippen molar-refractivity contribution < 1.29 is 4.79 Å². The molecule has 0 spiro atoms. The molecule has 14 heavy (non-hydrogen) atoms. The van der Waals surface area contributed by atoms with Gasteiger partial charge in [0.15, 0.2) is 0 Å². The Labute approximate surface area is 85.8 Å². The predicted octanol–water partition coefficient (Wildman–Crippen LogP) is 0.997. The number of rotatable bonds is 2. The first-order valence-corrected chi connectivity index (χ1v) is 5.71. The number of carbonyl (C=O) groups is 1. The molecule has 1 heterocycles. The Bertz CT molecular complexity index is 235. The van der Waals surface area contributed by atoms with E-state index < -0.39 is 0 Å². The van der Waals surface area contributed by atoms with Gasteiger partial charge in [0.2, 0.25) is 5.91 Å². The summed E-state index contributed by atoms with van der Waals surface area (Å²) in [5.74, 6) is 0.411. The molecule has 0 aromatic rings. The molecule has 2 aliphatic rings. The third kappa shape index (κ3) is 1.65. The highest BCUT2D eigenvalue weighted by Gasteiger charge is 2.50. The SMILES string of the molecule is CCC1(C(=O)N2CCN[C@@H](C)C2)CC1. The van der Waals surface area contributed by atoms with Crippen LogP contribution in [0.5, 0.6) is 0 Å². The van der Waals surface area contributed by atoms with E-state index in [0.29, 0.717) is 11.9 Å². The maximum atomic E-state index is 12.2. The van der Waals surface area contributed by atoms with Gasteiger partial charge in [0, 0.05) is 31.1 Å². The van der Waals surface area contributed by atoms with Gasteiger partial charge in [-0.3, -0.25) is 4.79 Å². The van der Waals surface area contributed by atoms with E-state index >= 15 is 0 Å². The molecule has 0 bridgehead atoms. The normalized spacial score (nSPS) is 30.1. The molecule has 80 valence electrons. The molecule has 1 aliphatic heterocycles. The lowest BCUT2D eigenvalue weighted by Gasteiger charge is -2.34. The molecule has 3 heteroatoms. The first kappa shape index (κ1) is 9.97. The van der Waals surface area contributed by atoms with Crippen LogP contribution in [0.15, 0.2) is 0 Å². The second kappa shape index (κ2) is 3.54. The van der Waals surface area contributed by atoms with Gasteiger partial charge < -0.3 is 10.2 Å². The van der Waals surface area contributed by atoms with Crippen molar-refractivity contribution in [2.75, 3.05) is 19.6 Å². The number of hydrogen-bond donors (Lipinski definition) is 1. The molecular weight excluding hydrogens is 176 g/mol. The molecule has 1 saturated heterocycles. The summed E-state index contributed by atoms with van der Waals surface area (Å²) in [6, 6.07) is 0.459. The Hall–Kier alpha value is -0.570.